The zero-order valence-corrected chi connectivity index (χ0v) is 22.9. The zero-order valence-electron chi connectivity index (χ0n) is 21.3. The van der Waals surface area contributed by atoms with Gasteiger partial charge in [-0.15, -0.1) is 0 Å². The van der Waals surface area contributed by atoms with Gasteiger partial charge in [0.1, 0.15) is 36.3 Å². The largest absolute Gasteiger partial charge is 0.523 e. The number of hydrogen-bond donors (Lipinski definition) is 0. The van der Waals surface area contributed by atoms with E-state index in [1.54, 1.807) is 0 Å². The highest BCUT2D eigenvalue weighted by Gasteiger charge is 2.39. The van der Waals surface area contributed by atoms with Gasteiger partial charge >= 0.3 is 11.6 Å². The van der Waals surface area contributed by atoms with Crippen molar-refractivity contribution in [3.8, 4) is 0 Å². The highest BCUT2D eigenvalue weighted by molar-refractivity contribution is 8.11. The maximum atomic E-state index is 7.50. The maximum Gasteiger partial charge on any atom is 0.523 e. The quantitative estimate of drug-likeness (QED) is 0.368. The molecule has 38 heavy (non-hydrogen) atoms. The Morgan fingerprint density at radius 2 is 0.895 bits per heavy atom. The molecular formula is C30H22N6S2. The van der Waals surface area contributed by atoms with E-state index in [9.17, 15) is 0 Å². The van der Waals surface area contributed by atoms with Crippen LogP contribution in [0.1, 0.15) is 27.7 Å². The minimum atomic E-state index is 0.0534. The molecule has 0 unspecified atom stereocenters. The van der Waals surface area contributed by atoms with Crippen LogP contribution in [0, 0.1) is 26.3 Å². The van der Waals surface area contributed by atoms with Crippen molar-refractivity contribution in [2.45, 2.75) is 27.7 Å². The van der Waals surface area contributed by atoms with Gasteiger partial charge in [-0.3, -0.25) is 0 Å². The molecule has 0 atom stereocenters. The molecule has 2 aliphatic rings. The average Bonchev–Trinajstić information content (AvgIpc) is 3.47. The van der Waals surface area contributed by atoms with Gasteiger partial charge in [-0.25, -0.2) is 0 Å². The van der Waals surface area contributed by atoms with Crippen LogP contribution in [0.3, 0.4) is 0 Å². The topological polar surface area (TPSA) is 23.9 Å². The van der Waals surface area contributed by atoms with E-state index >= 15 is 0 Å². The summed E-state index contributed by atoms with van der Waals surface area (Å²) in [4.78, 5) is 19.9. The van der Waals surface area contributed by atoms with E-state index in [-0.39, 0.29) is 11.6 Å². The Morgan fingerprint density at radius 1 is 0.579 bits per heavy atom. The van der Waals surface area contributed by atoms with Crippen molar-refractivity contribution in [3.63, 3.8) is 0 Å². The zero-order chi connectivity index (χ0) is 27.4. The Kier molecular flexibility index (Phi) is 7.80. The minimum Gasteiger partial charge on any atom is -0.305 e. The Balaban J connectivity index is 2.01. The molecule has 0 saturated heterocycles. The number of allylic oxidation sites excluding steroid dienone is 4. The van der Waals surface area contributed by atoms with Crippen molar-refractivity contribution in [2.75, 3.05) is 9.80 Å². The minimum absolute atomic E-state index is 0.0534. The summed E-state index contributed by atoms with van der Waals surface area (Å²) in [6.45, 7) is 37.6. The fourth-order valence-electron chi connectivity index (χ4n) is 4.28. The van der Waals surface area contributed by atoms with Crippen molar-refractivity contribution in [1.82, 2.24) is 0 Å². The number of nitrogens with zero attached hydrogens (tertiary/aromatic N) is 6. The lowest BCUT2D eigenvalue weighted by Gasteiger charge is -2.28. The summed E-state index contributed by atoms with van der Waals surface area (Å²) in [5.74, 6) is 0.107. The first-order valence-corrected chi connectivity index (χ1v) is 13.2. The molecule has 0 bridgehead atoms. The fraction of sp³-hybridized carbons (Fsp3) is 0.133. The standard InChI is InChI=1S/C30H22N6S2/c1-19(27(31-5)32-6)25-21(3)35(23-15-11-9-12-16-23)29(37-25)30-36(24-17-13-10-14-18-24)22(4)26(38-30)20(2)28(33-7)34-8/h9-18H,1-4H3/b30-29+. The molecule has 2 aromatic rings. The molecule has 0 amide bonds. The third-order valence-corrected chi connectivity index (χ3v) is 9.00. The summed E-state index contributed by atoms with van der Waals surface area (Å²) in [6, 6.07) is 20.0. The second-order valence-corrected chi connectivity index (χ2v) is 10.3. The van der Waals surface area contributed by atoms with Gasteiger partial charge in [-0.05, 0) is 52.0 Å². The molecule has 0 N–H and O–H groups in total. The van der Waals surface area contributed by atoms with Gasteiger partial charge in [0.2, 0.25) is 0 Å². The highest BCUT2D eigenvalue weighted by Crippen LogP contribution is 2.56. The van der Waals surface area contributed by atoms with E-state index in [0.717, 1.165) is 42.6 Å². The van der Waals surface area contributed by atoms with Crippen LogP contribution in [0.2, 0.25) is 0 Å². The van der Waals surface area contributed by atoms with Crippen LogP contribution < -0.4 is 9.80 Å². The van der Waals surface area contributed by atoms with E-state index < -0.39 is 0 Å². The number of para-hydroxylation sites is 2. The second-order valence-electron chi connectivity index (χ2n) is 8.33. The van der Waals surface area contributed by atoms with Crippen LogP contribution in [0.15, 0.2) is 115 Å². The molecular weight excluding hydrogens is 509 g/mol. The first kappa shape index (κ1) is 26.5. The molecule has 6 nitrogen and oxygen atoms in total. The van der Waals surface area contributed by atoms with Crippen molar-refractivity contribution >= 4 is 34.9 Å². The lowest BCUT2D eigenvalue weighted by molar-refractivity contribution is 1.08. The molecule has 2 aromatic carbocycles. The first-order chi connectivity index (χ1) is 18.4. The molecule has 4 rings (SSSR count). The van der Waals surface area contributed by atoms with Crippen molar-refractivity contribution < 1.29 is 0 Å². The Morgan fingerprint density at radius 3 is 1.18 bits per heavy atom. The highest BCUT2D eigenvalue weighted by atomic mass is 32.2. The van der Waals surface area contributed by atoms with Crippen molar-refractivity contribution in [2.24, 2.45) is 0 Å². The van der Waals surface area contributed by atoms with Gasteiger partial charge in [0.15, 0.2) is 0 Å². The van der Waals surface area contributed by atoms with E-state index in [2.05, 4.69) is 29.2 Å². The van der Waals surface area contributed by atoms with Crippen LogP contribution >= 0.6 is 23.5 Å². The summed E-state index contributed by atoms with van der Waals surface area (Å²) in [5.41, 5.74) is 5.08. The van der Waals surface area contributed by atoms with Crippen LogP contribution in [0.5, 0.6) is 0 Å². The number of rotatable bonds is 4. The van der Waals surface area contributed by atoms with Gasteiger partial charge in [0, 0.05) is 32.6 Å². The molecule has 8 heteroatoms. The van der Waals surface area contributed by atoms with Gasteiger partial charge in [0.25, 0.3) is 0 Å². The molecule has 0 radical (unpaired) electrons. The van der Waals surface area contributed by atoms with Crippen LogP contribution in [0.25, 0.3) is 19.4 Å². The van der Waals surface area contributed by atoms with E-state index in [1.807, 2.05) is 88.4 Å². The number of benzene rings is 2. The van der Waals surface area contributed by atoms with Gasteiger partial charge in [-0.2, -0.15) is 19.4 Å². The predicted molar refractivity (Wildman–Crippen MR) is 157 cm³/mol. The van der Waals surface area contributed by atoms with Crippen LogP contribution in [0.4, 0.5) is 11.4 Å². The number of thioether (sulfide) groups is 2. The number of anilines is 2. The molecule has 0 spiro atoms. The van der Waals surface area contributed by atoms with Crippen molar-refractivity contribution in [1.29, 1.82) is 0 Å². The summed E-state index contributed by atoms with van der Waals surface area (Å²) < 4.78 is 0. The van der Waals surface area contributed by atoms with E-state index in [0.29, 0.717) is 11.1 Å². The monoisotopic (exact) mass is 530 g/mol. The van der Waals surface area contributed by atoms with Gasteiger partial charge in [0.05, 0.1) is 11.1 Å². The average molecular weight is 531 g/mol. The lowest BCUT2D eigenvalue weighted by atomic mass is 10.2. The molecule has 184 valence electrons. The Bertz CT molecular complexity index is 1480. The SMILES string of the molecule is [C-]#[N+]C([N+]#[C-])=C(C)C1=C(C)N(c2ccccc2)/C(=C2\SC(C(C)=C([N+]#[C-])[N+]#[C-])=C(C)N2c2ccccc2)S1. The van der Waals surface area contributed by atoms with E-state index in [4.69, 9.17) is 26.3 Å². The molecule has 0 aliphatic carbocycles. The lowest BCUT2D eigenvalue weighted by Crippen LogP contribution is -2.22. The smallest absolute Gasteiger partial charge is 0.305 e. The number of hydrogen-bond acceptors (Lipinski definition) is 4. The molecule has 0 aromatic heterocycles. The van der Waals surface area contributed by atoms with Gasteiger partial charge in [-0.1, -0.05) is 59.9 Å². The first-order valence-electron chi connectivity index (χ1n) is 11.5. The summed E-state index contributed by atoms with van der Waals surface area (Å²) in [5, 5.41) is 1.86. The Hall–Kier alpha value is -4.60. The van der Waals surface area contributed by atoms with Gasteiger partial charge < -0.3 is 9.80 Å². The van der Waals surface area contributed by atoms with Crippen molar-refractivity contribution in [3.05, 3.63) is 160 Å². The maximum absolute atomic E-state index is 7.50. The normalized spacial score (nSPS) is 16.5. The van der Waals surface area contributed by atoms with Crippen LogP contribution in [-0.2, 0) is 0 Å². The predicted octanol–water partition coefficient (Wildman–Crippen LogP) is 9.22. The second kappa shape index (κ2) is 11.2. The molecule has 2 aliphatic heterocycles. The molecule has 0 saturated carbocycles. The third-order valence-electron chi connectivity index (χ3n) is 6.12. The van der Waals surface area contributed by atoms with Crippen LogP contribution in [-0.4, -0.2) is 0 Å². The summed E-state index contributed by atoms with van der Waals surface area (Å²) in [6.07, 6.45) is 0. The fourth-order valence-corrected chi connectivity index (χ4v) is 6.91. The molecule has 2 heterocycles. The summed E-state index contributed by atoms with van der Waals surface area (Å²) in [7, 11) is 0. The van der Waals surface area contributed by atoms with E-state index in [1.165, 1.54) is 23.5 Å². The third kappa shape index (κ3) is 4.60. The molecule has 0 fully saturated rings. The summed E-state index contributed by atoms with van der Waals surface area (Å²) >= 11 is 3.07. The Labute approximate surface area is 232 Å².